The van der Waals surface area contributed by atoms with Gasteiger partial charge in [0, 0.05) is 37.4 Å². The number of esters is 1. The van der Waals surface area contributed by atoms with Crippen LogP contribution in [0.4, 0.5) is 11.4 Å². The summed E-state index contributed by atoms with van der Waals surface area (Å²) in [4.78, 5) is 27.6. The number of carbonyl (C=O) groups excluding carboxylic acids is 2. The second-order valence-electron chi connectivity index (χ2n) is 5.54. The summed E-state index contributed by atoms with van der Waals surface area (Å²) in [6.45, 7) is 3.64. The molecule has 0 unspecified atom stereocenters. The molecule has 2 aliphatic heterocycles. The first-order valence-electron chi connectivity index (χ1n) is 7.50. The van der Waals surface area contributed by atoms with Crippen LogP contribution in [0.1, 0.15) is 6.42 Å². The van der Waals surface area contributed by atoms with Crippen molar-refractivity contribution in [3.05, 3.63) is 24.3 Å². The van der Waals surface area contributed by atoms with Crippen LogP contribution in [-0.2, 0) is 19.1 Å². The Hall–Kier alpha value is -2.08. The highest BCUT2D eigenvalue weighted by molar-refractivity contribution is 5.99. The molecule has 2 fully saturated rings. The standard InChI is InChI=1S/C16H20N2O4/c1-21-16(20)12-10-15(19)18(11-12)14-4-2-13(3-5-14)17-6-8-22-9-7-17/h2-5,12H,6-11H2,1H3/t12-/m0/s1. The number of hydrogen-bond acceptors (Lipinski definition) is 5. The van der Waals surface area contributed by atoms with Gasteiger partial charge < -0.3 is 19.3 Å². The van der Waals surface area contributed by atoms with Crippen molar-refractivity contribution in [3.8, 4) is 0 Å². The second kappa shape index (κ2) is 6.36. The van der Waals surface area contributed by atoms with Crippen molar-refractivity contribution >= 4 is 23.3 Å². The molecule has 2 heterocycles. The number of anilines is 2. The SMILES string of the molecule is COC(=O)[C@H]1CC(=O)N(c2ccc(N3CCOCC3)cc2)C1. The lowest BCUT2D eigenvalue weighted by molar-refractivity contribution is -0.145. The molecule has 118 valence electrons. The topological polar surface area (TPSA) is 59.1 Å². The first-order chi connectivity index (χ1) is 10.7. The van der Waals surface area contributed by atoms with Gasteiger partial charge >= 0.3 is 5.97 Å². The molecule has 6 nitrogen and oxygen atoms in total. The van der Waals surface area contributed by atoms with Crippen LogP contribution in [0.25, 0.3) is 0 Å². The van der Waals surface area contributed by atoms with Crippen molar-refractivity contribution in [2.45, 2.75) is 6.42 Å². The molecule has 1 aromatic carbocycles. The van der Waals surface area contributed by atoms with Gasteiger partial charge in [-0.05, 0) is 24.3 Å². The molecule has 22 heavy (non-hydrogen) atoms. The summed E-state index contributed by atoms with van der Waals surface area (Å²) in [5.41, 5.74) is 1.96. The lowest BCUT2D eigenvalue weighted by Crippen LogP contribution is -2.36. The predicted molar refractivity (Wildman–Crippen MR) is 82.0 cm³/mol. The zero-order valence-corrected chi connectivity index (χ0v) is 12.7. The summed E-state index contributed by atoms with van der Waals surface area (Å²) >= 11 is 0. The van der Waals surface area contributed by atoms with Crippen molar-refractivity contribution in [1.29, 1.82) is 0 Å². The molecule has 0 aliphatic carbocycles. The van der Waals surface area contributed by atoms with Crippen LogP contribution in [0.15, 0.2) is 24.3 Å². The van der Waals surface area contributed by atoms with E-state index in [9.17, 15) is 9.59 Å². The number of nitrogens with zero attached hydrogens (tertiary/aromatic N) is 2. The Balaban J connectivity index is 1.70. The van der Waals surface area contributed by atoms with E-state index in [-0.39, 0.29) is 24.2 Å². The van der Waals surface area contributed by atoms with Crippen LogP contribution < -0.4 is 9.80 Å². The average molecular weight is 304 g/mol. The predicted octanol–water partition coefficient (Wildman–Crippen LogP) is 1.05. The van der Waals surface area contributed by atoms with E-state index in [1.165, 1.54) is 7.11 Å². The maximum atomic E-state index is 12.1. The molecule has 1 amide bonds. The Morgan fingerprint density at radius 1 is 1.18 bits per heavy atom. The number of hydrogen-bond donors (Lipinski definition) is 0. The molecule has 1 aromatic rings. The number of amides is 1. The third-order valence-electron chi connectivity index (χ3n) is 4.20. The quantitative estimate of drug-likeness (QED) is 0.781. The van der Waals surface area contributed by atoms with Gasteiger partial charge in [-0.2, -0.15) is 0 Å². The summed E-state index contributed by atoms with van der Waals surface area (Å²) in [6.07, 6.45) is 0.220. The van der Waals surface area contributed by atoms with Gasteiger partial charge in [0.2, 0.25) is 5.91 Å². The van der Waals surface area contributed by atoms with Crippen LogP contribution in [0.2, 0.25) is 0 Å². The number of rotatable bonds is 3. The highest BCUT2D eigenvalue weighted by Crippen LogP contribution is 2.28. The minimum atomic E-state index is -0.364. The zero-order valence-electron chi connectivity index (χ0n) is 12.7. The molecule has 0 N–H and O–H groups in total. The fourth-order valence-corrected chi connectivity index (χ4v) is 2.95. The van der Waals surface area contributed by atoms with Crippen LogP contribution >= 0.6 is 0 Å². The van der Waals surface area contributed by atoms with E-state index >= 15 is 0 Å². The molecule has 2 saturated heterocycles. The molecule has 0 bridgehead atoms. The van der Waals surface area contributed by atoms with Crippen molar-refractivity contribution in [2.75, 3.05) is 49.8 Å². The largest absolute Gasteiger partial charge is 0.469 e. The minimum Gasteiger partial charge on any atom is -0.469 e. The van der Waals surface area contributed by atoms with E-state index in [4.69, 9.17) is 9.47 Å². The van der Waals surface area contributed by atoms with Crippen molar-refractivity contribution < 1.29 is 19.1 Å². The third kappa shape index (κ3) is 2.92. The Morgan fingerprint density at radius 3 is 2.45 bits per heavy atom. The van der Waals surface area contributed by atoms with E-state index < -0.39 is 0 Å². The number of methoxy groups -OCH3 is 1. The first-order valence-corrected chi connectivity index (χ1v) is 7.50. The summed E-state index contributed by atoms with van der Waals surface area (Å²) in [5, 5.41) is 0. The lowest BCUT2D eigenvalue weighted by atomic mass is 10.1. The van der Waals surface area contributed by atoms with Crippen molar-refractivity contribution in [3.63, 3.8) is 0 Å². The minimum absolute atomic E-state index is 0.0328. The van der Waals surface area contributed by atoms with Crippen molar-refractivity contribution in [1.82, 2.24) is 0 Å². The molecular formula is C16H20N2O4. The fourth-order valence-electron chi connectivity index (χ4n) is 2.95. The number of carbonyl (C=O) groups is 2. The molecular weight excluding hydrogens is 284 g/mol. The number of benzene rings is 1. The van der Waals surface area contributed by atoms with E-state index in [0.29, 0.717) is 6.54 Å². The molecule has 3 rings (SSSR count). The molecule has 6 heteroatoms. The van der Waals surface area contributed by atoms with E-state index in [0.717, 1.165) is 37.7 Å². The van der Waals surface area contributed by atoms with Crippen LogP contribution in [0.5, 0.6) is 0 Å². The van der Waals surface area contributed by atoms with Gasteiger partial charge in [0.15, 0.2) is 0 Å². The number of ether oxygens (including phenoxy) is 2. The van der Waals surface area contributed by atoms with Crippen LogP contribution in [0, 0.1) is 5.92 Å². The van der Waals surface area contributed by atoms with Crippen molar-refractivity contribution in [2.24, 2.45) is 5.92 Å². The molecule has 2 aliphatic rings. The van der Waals surface area contributed by atoms with Crippen LogP contribution in [0.3, 0.4) is 0 Å². The maximum absolute atomic E-state index is 12.1. The van der Waals surface area contributed by atoms with Gasteiger partial charge in [0.1, 0.15) is 0 Å². The Labute approximate surface area is 129 Å². The smallest absolute Gasteiger partial charge is 0.311 e. The maximum Gasteiger partial charge on any atom is 0.311 e. The monoisotopic (exact) mass is 304 g/mol. The summed E-state index contributed by atoms with van der Waals surface area (Å²) in [7, 11) is 1.35. The average Bonchev–Trinajstić information content (AvgIpc) is 2.97. The fraction of sp³-hybridized carbons (Fsp3) is 0.500. The Kier molecular flexibility index (Phi) is 4.29. The van der Waals surface area contributed by atoms with Gasteiger partial charge in [-0.25, -0.2) is 0 Å². The molecule has 1 atom stereocenters. The van der Waals surface area contributed by atoms with Gasteiger partial charge in [-0.3, -0.25) is 9.59 Å². The van der Waals surface area contributed by atoms with Gasteiger partial charge in [-0.1, -0.05) is 0 Å². The first kappa shape index (κ1) is 14.8. The molecule has 0 aromatic heterocycles. The second-order valence-corrected chi connectivity index (χ2v) is 5.54. The van der Waals surface area contributed by atoms with E-state index in [1.807, 2.05) is 24.3 Å². The van der Waals surface area contributed by atoms with Gasteiger partial charge in [0.25, 0.3) is 0 Å². The Bertz CT molecular complexity index is 552. The summed E-state index contributed by atoms with van der Waals surface area (Å²) < 4.78 is 10.1. The lowest BCUT2D eigenvalue weighted by Gasteiger charge is -2.29. The van der Waals surface area contributed by atoms with E-state index in [1.54, 1.807) is 4.90 Å². The Morgan fingerprint density at radius 2 is 1.82 bits per heavy atom. The third-order valence-corrected chi connectivity index (χ3v) is 4.20. The highest BCUT2D eigenvalue weighted by Gasteiger charge is 2.35. The summed E-state index contributed by atoms with van der Waals surface area (Å²) in [6, 6.07) is 7.89. The zero-order chi connectivity index (χ0) is 15.5. The highest BCUT2D eigenvalue weighted by atomic mass is 16.5. The summed E-state index contributed by atoms with van der Waals surface area (Å²) in [5.74, 6) is -0.716. The van der Waals surface area contributed by atoms with Gasteiger partial charge in [0.05, 0.1) is 26.2 Å². The van der Waals surface area contributed by atoms with Crippen LogP contribution in [-0.4, -0.2) is 51.8 Å². The molecule has 0 spiro atoms. The van der Waals surface area contributed by atoms with E-state index in [2.05, 4.69) is 4.90 Å². The molecule has 0 saturated carbocycles. The number of morpholine rings is 1. The normalized spacial score (nSPS) is 22.0. The molecule has 0 radical (unpaired) electrons. The van der Waals surface area contributed by atoms with Gasteiger partial charge in [-0.15, -0.1) is 0 Å².